The minimum absolute atomic E-state index is 0.0118. The van der Waals surface area contributed by atoms with Crippen LogP contribution in [0.2, 0.25) is 0 Å². The molecule has 1 saturated heterocycles. The number of benzene rings is 2. The van der Waals surface area contributed by atoms with Crippen LogP contribution in [0, 0.1) is 5.92 Å². The predicted molar refractivity (Wildman–Crippen MR) is 117 cm³/mol. The average molecular weight is 394 g/mol. The van der Waals surface area contributed by atoms with Crippen LogP contribution >= 0.6 is 0 Å². The van der Waals surface area contributed by atoms with Gasteiger partial charge in [-0.2, -0.15) is 0 Å². The minimum Gasteiger partial charge on any atom is -0.376 e. The number of nitrogens with one attached hydrogen (secondary N) is 2. The molecule has 1 aliphatic rings. The van der Waals surface area contributed by atoms with Crippen molar-refractivity contribution in [3.05, 3.63) is 65.7 Å². The number of rotatable bonds is 7. The number of hydrogen-bond donors (Lipinski definition) is 2. The highest BCUT2D eigenvalue weighted by Gasteiger charge is 2.21. The van der Waals surface area contributed by atoms with Crippen molar-refractivity contribution in [3.8, 4) is 0 Å². The Kier molecular flexibility index (Phi) is 7.28. The molecule has 3 rings (SSSR count). The maximum atomic E-state index is 12.6. The average Bonchev–Trinajstić information content (AvgIpc) is 2.77. The first-order valence-electron chi connectivity index (χ1n) is 10.5. The summed E-state index contributed by atoms with van der Waals surface area (Å²) in [5, 5.41) is 6.21. The van der Waals surface area contributed by atoms with E-state index in [0.717, 1.165) is 43.6 Å². The number of piperidine rings is 1. The molecule has 1 unspecified atom stereocenters. The van der Waals surface area contributed by atoms with E-state index in [4.69, 9.17) is 0 Å². The monoisotopic (exact) mass is 393 g/mol. The lowest BCUT2D eigenvalue weighted by Gasteiger charge is -2.30. The van der Waals surface area contributed by atoms with Crippen LogP contribution in [0.4, 0.5) is 5.69 Å². The van der Waals surface area contributed by atoms with E-state index in [0.29, 0.717) is 11.5 Å². The van der Waals surface area contributed by atoms with Gasteiger partial charge in [-0.3, -0.25) is 9.59 Å². The van der Waals surface area contributed by atoms with Crippen molar-refractivity contribution < 1.29 is 9.59 Å². The van der Waals surface area contributed by atoms with E-state index in [1.54, 1.807) is 0 Å². The van der Waals surface area contributed by atoms with Crippen LogP contribution in [-0.4, -0.2) is 36.3 Å². The Labute approximate surface area is 173 Å². The molecule has 0 spiro atoms. The molecule has 1 fully saturated rings. The third kappa shape index (κ3) is 5.83. The Balaban J connectivity index is 1.49. The molecule has 0 saturated carbocycles. The molecule has 0 bridgehead atoms. The Morgan fingerprint density at radius 2 is 1.69 bits per heavy atom. The summed E-state index contributed by atoms with van der Waals surface area (Å²) in [5.74, 6) is 0.740. The largest absolute Gasteiger partial charge is 0.376 e. The SMILES string of the molecule is CCC(NC(=O)CNc1ccc(C(=O)N2CCC(C)CC2)cc1)c1ccccc1. The van der Waals surface area contributed by atoms with E-state index in [1.165, 1.54) is 0 Å². The first-order chi connectivity index (χ1) is 14.1. The van der Waals surface area contributed by atoms with Crippen molar-refractivity contribution in [1.82, 2.24) is 10.2 Å². The van der Waals surface area contributed by atoms with Crippen LogP contribution in [0.3, 0.4) is 0 Å². The Morgan fingerprint density at radius 3 is 2.31 bits per heavy atom. The third-order valence-electron chi connectivity index (χ3n) is 5.60. The third-order valence-corrected chi connectivity index (χ3v) is 5.60. The molecular formula is C24H31N3O2. The number of likely N-dealkylation sites (tertiary alicyclic amines) is 1. The van der Waals surface area contributed by atoms with Gasteiger partial charge in [0.15, 0.2) is 0 Å². The summed E-state index contributed by atoms with van der Waals surface area (Å²) >= 11 is 0. The summed E-state index contributed by atoms with van der Waals surface area (Å²) in [6, 6.07) is 17.4. The molecule has 2 aromatic carbocycles. The zero-order valence-corrected chi connectivity index (χ0v) is 17.4. The van der Waals surface area contributed by atoms with Gasteiger partial charge in [0.25, 0.3) is 5.91 Å². The lowest BCUT2D eigenvalue weighted by molar-refractivity contribution is -0.120. The Morgan fingerprint density at radius 1 is 1.03 bits per heavy atom. The molecule has 0 aromatic heterocycles. The standard InChI is InChI=1S/C24H31N3O2/c1-3-22(19-7-5-4-6-8-19)26-23(28)17-25-21-11-9-20(10-12-21)24(29)27-15-13-18(2)14-16-27/h4-12,18,22,25H,3,13-17H2,1-2H3,(H,26,28). The second-order valence-electron chi connectivity index (χ2n) is 7.84. The van der Waals surface area contributed by atoms with Crippen LogP contribution in [0.1, 0.15) is 55.1 Å². The number of carbonyl (C=O) groups is 2. The summed E-state index contributed by atoms with van der Waals surface area (Å²) in [6.45, 7) is 6.16. The van der Waals surface area contributed by atoms with Crippen molar-refractivity contribution in [2.24, 2.45) is 5.92 Å². The molecule has 1 heterocycles. The van der Waals surface area contributed by atoms with Gasteiger partial charge in [0.1, 0.15) is 0 Å². The molecule has 1 atom stereocenters. The maximum Gasteiger partial charge on any atom is 0.253 e. The number of hydrogen-bond acceptors (Lipinski definition) is 3. The van der Waals surface area contributed by atoms with Crippen LogP contribution in [0.15, 0.2) is 54.6 Å². The first-order valence-corrected chi connectivity index (χ1v) is 10.5. The highest BCUT2D eigenvalue weighted by atomic mass is 16.2. The normalized spacial score (nSPS) is 15.6. The Hall–Kier alpha value is -2.82. The van der Waals surface area contributed by atoms with E-state index in [9.17, 15) is 9.59 Å². The summed E-state index contributed by atoms with van der Waals surface area (Å²) in [7, 11) is 0. The molecule has 0 aliphatic carbocycles. The highest BCUT2D eigenvalue weighted by Crippen LogP contribution is 2.19. The second kappa shape index (κ2) is 10.1. The quantitative estimate of drug-likeness (QED) is 0.740. The zero-order valence-electron chi connectivity index (χ0n) is 17.4. The molecule has 0 radical (unpaired) electrons. The van der Waals surface area contributed by atoms with Crippen molar-refractivity contribution >= 4 is 17.5 Å². The lowest BCUT2D eigenvalue weighted by atomic mass is 9.98. The molecular weight excluding hydrogens is 362 g/mol. The first kappa shape index (κ1) is 20.9. The summed E-state index contributed by atoms with van der Waals surface area (Å²) in [6.07, 6.45) is 2.98. The second-order valence-corrected chi connectivity index (χ2v) is 7.84. The molecule has 5 nitrogen and oxygen atoms in total. The van der Waals surface area contributed by atoms with E-state index < -0.39 is 0 Å². The molecule has 2 amide bonds. The van der Waals surface area contributed by atoms with Gasteiger partial charge in [-0.25, -0.2) is 0 Å². The van der Waals surface area contributed by atoms with Crippen molar-refractivity contribution in [2.45, 2.75) is 39.2 Å². The van der Waals surface area contributed by atoms with E-state index in [-0.39, 0.29) is 24.4 Å². The molecule has 2 N–H and O–H groups in total. The van der Waals surface area contributed by atoms with Crippen molar-refractivity contribution in [3.63, 3.8) is 0 Å². The number of carbonyl (C=O) groups excluding carboxylic acids is 2. The molecule has 154 valence electrons. The van der Waals surface area contributed by atoms with E-state index >= 15 is 0 Å². The fraction of sp³-hybridized carbons (Fsp3) is 0.417. The predicted octanol–water partition coefficient (Wildman–Crippen LogP) is 4.24. The van der Waals surface area contributed by atoms with Gasteiger partial charge in [-0.05, 0) is 55.0 Å². The molecule has 29 heavy (non-hydrogen) atoms. The van der Waals surface area contributed by atoms with Crippen molar-refractivity contribution in [2.75, 3.05) is 25.0 Å². The van der Waals surface area contributed by atoms with Gasteiger partial charge in [0.05, 0.1) is 12.6 Å². The fourth-order valence-corrected chi connectivity index (χ4v) is 3.66. The smallest absolute Gasteiger partial charge is 0.253 e. The molecule has 1 aliphatic heterocycles. The van der Waals surface area contributed by atoms with E-state index in [2.05, 4.69) is 24.5 Å². The van der Waals surface area contributed by atoms with Gasteiger partial charge < -0.3 is 15.5 Å². The van der Waals surface area contributed by atoms with Crippen LogP contribution in [0.5, 0.6) is 0 Å². The summed E-state index contributed by atoms with van der Waals surface area (Å²) < 4.78 is 0. The van der Waals surface area contributed by atoms with Crippen LogP contribution in [0.25, 0.3) is 0 Å². The fourth-order valence-electron chi connectivity index (χ4n) is 3.66. The van der Waals surface area contributed by atoms with Gasteiger partial charge in [-0.1, -0.05) is 44.2 Å². The van der Waals surface area contributed by atoms with Gasteiger partial charge in [-0.15, -0.1) is 0 Å². The number of nitrogens with zero attached hydrogens (tertiary/aromatic N) is 1. The highest BCUT2D eigenvalue weighted by molar-refractivity contribution is 5.94. The summed E-state index contributed by atoms with van der Waals surface area (Å²) in [4.78, 5) is 26.9. The van der Waals surface area contributed by atoms with Crippen molar-refractivity contribution in [1.29, 1.82) is 0 Å². The van der Waals surface area contributed by atoms with E-state index in [1.807, 2.05) is 59.5 Å². The topological polar surface area (TPSA) is 61.4 Å². The number of amides is 2. The van der Waals surface area contributed by atoms with Gasteiger partial charge in [0, 0.05) is 24.3 Å². The number of anilines is 1. The van der Waals surface area contributed by atoms with Gasteiger partial charge >= 0.3 is 0 Å². The minimum atomic E-state index is -0.0525. The molecule has 2 aromatic rings. The van der Waals surface area contributed by atoms with Crippen LogP contribution in [-0.2, 0) is 4.79 Å². The lowest BCUT2D eigenvalue weighted by Crippen LogP contribution is -2.37. The Bertz CT molecular complexity index is 797. The zero-order chi connectivity index (χ0) is 20.6. The molecule has 5 heteroatoms. The summed E-state index contributed by atoms with van der Waals surface area (Å²) in [5.41, 5.74) is 2.64. The van der Waals surface area contributed by atoms with Gasteiger partial charge in [0.2, 0.25) is 5.91 Å². The maximum absolute atomic E-state index is 12.6. The van der Waals surface area contributed by atoms with Crippen LogP contribution < -0.4 is 10.6 Å².